The molecule has 0 spiro atoms. The predicted octanol–water partition coefficient (Wildman–Crippen LogP) is 11.4. The van der Waals surface area contributed by atoms with Crippen LogP contribution in [0.2, 0.25) is 0 Å². The minimum Gasteiger partial charge on any atom is -0.381 e. The number of unbranched alkanes of at least 4 members (excludes halogenated alkanes) is 19. The molecule has 1 atom stereocenters. The summed E-state index contributed by atoms with van der Waals surface area (Å²) in [5, 5.41) is 1.15. The Morgan fingerprint density at radius 2 is 0.844 bits per heavy atom. The maximum Gasteiger partial charge on any atom is 0.0494 e. The third kappa shape index (κ3) is 26.7. The van der Waals surface area contributed by atoms with Gasteiger partial charge in [0.2, 0.25) is 0 Å². The van der Waals surface area contributed by atoms with Crippen molar-refractivity contribution in [1.29, 1.82) is 0 Å². The van der Waals surface area contributed by atoms with E-state index in [2.05, 4.69) is 29.8 Å². The van der Waals surface area contributed by atoms with Crippen LogP contribution in [-0.4, -0.2) is 18.5 Å². The van der Waals surface area contributed by atoms with Crippen molar-refractivity contribution in [1.82, 2.24) is 0 Å². The molecular weight excluding hydrogens is 456 g/mol. The third-order valence-corrected chi connectivity index (χ3v) is 7.52. The molecule has 0 amide bonds. The minimum absolute atomic E-state index is 0.812. The van der Waals surface area contributed by atoms with E-state index in [1.165, 1.54) is 154 Å². The van der Waals surface area contributed by atoms with Crippen molar-refractivity contribution in [3.63, 3.8) is 0 Å². The highest BCUT2D eigenvalue weighted by Crippen LogP contribution is 2.20. The summed E-state index contributed by atoms with van der Waals surface area (Å²) in [5.74, 6) is 0.812. The lowest BCUT2D eigenvalue weighted by Crippen LogP contribution is -2.11. The second-order valence-electron chi connectivity index (χ2n) is 10.3. The van der Waals surface area contributed by atoms with Crippen LogP contribution in [0.25, 0.3) is 0 Å². The molecule has 0 aliphatic carbocycles. The van der Waals surface area contributed by atoms with Crippen molar-refractivity contribution in [3.8, 4) is 0 Å². The first-order chi connectivity index (χ1) is 15.8. The maximum atomic E-state index is 6.13. The van der Waals surface area contributed by atoms with Gasteiger partial charge in [0.1, 0.15) is 0 Å². The monoisotopic (exact) mass is 516 g/mol. The lowest BCUT2D eigenvalue weighted by Gasteiger charge is -2.17. The Bertz CT molecular complexity index is 320. The molecule has 0 rings (SSSR count). The van der Waals surface area contributed by atoms with Crippen molar-refractivity contribution in [3.05, 3.63) is 0 Å². The van der Waals surface area contributed by atoms with E-state index in [9.17, 15) is 0 Å². The number of hydrogen-bond acceptors (Lipinski definition) is 1. The Morgan fingerprint density at radius 3 is 1.28 bits per heavy atom. The molecule has 0 fully saturated rings. The van der Waals surface area contributed by atoms with E-state index < -0.39 is 0 Å². The van der Waals surface area contributed by atoms with Gasteiger partial charge in [-0.15, -0.1) is 0 Å². The van der Waals surface area contributed by atoms with Crippen LogP contribution in [0.15, 0.2) is 0 Å². The molecule has 0 saturated heterocycles. The molecule has 0 aliphatic heterocycles. The first-order valence-electron chi connectivity index (χ1n) is 15.0. The van der Waals surface area contributed by atoms with E-state index in [4.69, 9.17) is 4.74 Å². The average Bonchev–Trinajstić information content (AvgIpc) is 2.80. The summed E-state index contributed by atoms with van der Waals surface area (Å²) in [6.07, 6.45) is 33.9. The summed E-state index contributed by atoms with van der Waals surface area (Å²) in [4.78, 5) is 0. The van der Waals surface area contributed by atoms with Gasteiger partial charge < -0.3 is 4.74 Å². The van der Waals surface area contributed by atoms with Crippen molar-refractivity contribution in [2.45, 2.75) is 168 Å². The average molecular weight is 518 g/mol. The first-order valence-corrected chi connectivity index (χ1v) is 16.1. The quantitative estimate of drug-likeness (QED) is 0.0740. The zero-order chi connectivity index (χ0) is 23.4. The standard InChI is InChI=1S/C30H61BrO/c1-3-5-7-9-11-13-14-16-18-22-26-30(29-32-28-24-20-19-23-27-31)25-21-17-15-12-10-8-6-4-2/h30H,3-29H2,1-2H3. The summed E-state index contributed by atoms with van der Waals surface area (Å²) in [6.45, 7) is 6.61. The number of alkyl halides is 1. The molecule has 0 saturated carbocycles. The Labute approximate surface area is 212 Å². The van der Waals surface area contributed by atoms with Crippen LogP contribution in [0.3, 0.4) is 0 Å². The normalized spacial score (nSPS) is 12.5. The van der Waals surface area contributed by atoms with Gasteiger partial charge in [0.15, 0.2) is 0 Å². The van der Waals surface area contributed by atoms with Gasteiger partial charge in [0, 0.05) is 18.5 Å². The van der Waals surface area contributed by atoms with E-state index in [0.29, 0.717) is 0 Å². The van der Waals surface area contributed by atoms with Crippen LogP contribution in [0.5, 0.6) is 0 Å². The minimum atomic E-state index is 0.812. The molecule has 0 aliphatic rings. The second kappa shape index (κ2) is 29.5. The molecule has 0 radical (unpaired) electrons. The van der Waals surface area contributed by atoms with Crippen LogP contribution in [0.1, 0.15) is 168 Å². The summed E-state index contributed by atoms with van der Waals surface area (Å²) < 4.78 is 6.13. The molecule has 0 N–H and O–H groups in total. The van der Waals surface area contributed by atoms with Crippen LogP contribution in [-0.2, 0) is 4.74 Å². The van der Waals surface area contributed by atoms with Gasteiger partial charge in [-0.3, -0.25) is 0 Å². The van der Waals surface area contributed by atoms with E-state index in [-0.39, 0.29) is 0 Å². The highest BCUT2D eigenvalue weighted by molar-refractivity contribution is 9.09. The van der Waals surface area contributed by atoms with Gasteiger partial charge in [0.25, 0.3) is 0 Å². The van der Waals surface area contributed by atoms with Crippen LogP contribution in [0, 0.1) is 5.92 Å². The van der Waals surface area contributed by atoms with E-state index in [1.807, 2.05) is 0 Å². The molecule has 194 valence electrons. The molecule has 0 heterocycles. The zero-order valence-corrected chi connectivity index (χ0v) is 24.0. The topological polar surface area (TPSA) is 9.23 Å². The van der Waals surface area contributed by atoms with Crippen LogP contribution >= 0.6 is 15.9 Å². The van der Waals surface area contributed by atoms with Crippen molar-refractivity contribution >= 4 is 15.9 Å². The molecule has 32 heavy (non-hydrogen) atoms. The highest BCUT2D eigenvalue weighted by atomic mass is 79.9. The smallest absolute Gasteiger partial charge is 0.0494 e. The van der Waals surface area contributed by atoms with Gasteiger partial charge in [-0.25, -0.2) is 0 Å². The fraction of sp³-hybridized carbons (Fsp3) is 1.00. The Kier molecular flexibility index (Phi) is 29.9. The lowest BCUT2D eigenvalue weighted by atomic mass is 9.94. The summed E-state index contributed by atoms with van der Waals surface area (Å²) >= 11 is 3.53. The van der Waals surface area contributed by atoms with E-state index >= 15 is 0 Å². The second-order valence-corrected chi connectivity index (χ2v) is 11.1. The molecule has 0 aromatic heterocycles. The molecular formula is C30H61BrO. The first kappa shape index (κ1) is 32.4. The Morgan fingerprint density at radius 1 is 0.469 bits per heavy atom. The molecule has 0 aromatic rings. The lowest BCUT2D eigenvalue weighted by molar-refractivity contribution is 0.0879. The molecule has 1 unspecified atom stereocenters. The summed E-state index contributed by atoms with van der Waals surface area (Å²) in [5.41, 5.74) is 0. The van der Waals surface area contributed by atoms with Gasteiger partial charge in [-0.2, -0.15) is 0 Å². The number of rotatable bonds is 28. The van der Waals surface area contributed by atoms with Crippen molar-refractivity contribution < 1.29 is 4.74 Å². The van der Waals surface area contributed by atoms with E-state index in [0.717, 1.165) is 24.5 Å². The van der Waals surface area contributed by atoms with Gasteiger partial charge in [0.05, 0.1) is 0 Å². The molecule has 0 aromatic carbocycles. The Hall–Kier alpha value is 0.440. The van der Waals surface area contributed by atoms with Crippen LogP contribution in [0.4, 0.5) is 0 Å². The molecule has 2 heteroatoms. The fourth-order valence-corrected chi connectivity index (χ4v) is 5.10. The zero-order valence-electron chi connectivity index (χ0n) is 22.5. The maximum absolute atomic E-state index is 6.13. The van der Waals surface area contributed by atoms with Crippen molar-refractivity contribution in [2.75, 3.05) is 18.5 Å². The van der Waals surface area contributed by atoms with Crippen molar-refractivity contribution in [2.24, 2.45) is 5.92 Å². The van der Waals surface area contributed by atoms with Crippen LogP contribution < -0.4 is 0 Å². The molecule has 1 nitrogen and oxygen atoms in total. The van der Waals surface area contributed by atoms with Gasteiger partial charge >= 0.3 is 0 Å². The Balaban J connectivity index is 3.81. The third-order valence-electron chi connectivity index (χ3n) is 6.96. The number of ether oxygens (including phenoxy) is 1. The summed E-state index contributed by atoms with van der Waals surface area (Å²) in [6, 6.07) is 0. The number of hydrogen-bond donors (Lipinski definition) is 0. The highest BCUT2D eigenvalue weighted by Gasteiger charge is 2.09. The van der Waals surface area contributed by atoms with E-state index in [1.54, 1.807) is 0 Å². The SMILES string of the molecule is CCCCCCCCCCCCC(CCCCCCCCCC)COCCCCCCBr. The largest absolute Gasteiger partial charge is 0.381 e. The van der Waals surface area contributed by atoms with Gasteiger partial charge in [-0.05, 0) is 31.6 Å². The summed E-state index contributed by atoms with van der Waals surface area (Å²) in [7, 11) is 0. The van der Waals surface area contributed by atoms with Gasteiger partial charge in [-0.1, -0.05) is 158 Å². The number of halogens is 1. The fourth-order valence-electron chi connectivity index (χ4n) is 4.70. The molecule has 0 bridgehead atoms. The predicted molar refractivity (Wildman–Crippen MR) is 150 cm³/mol.